The van der Waals surface area contributed by atoms with E-state index in [4.69, 9.17) is 28.9 Å². The van der Waals surface area contributed by atoms with E-state index in [0.717, 1.165) is 13.0 Å². The van der Waals surface area contributed by atoms with Gasteiger partial charge in [0.15, 0.2) is 0 Å². The number of pyridine rings is 1. The van der Waals surface area contributed by atoms with E-state index in [-0.39, 0.29) is 5.91 Å². The molecule has 4 N–H and O–H groups in total. The maximum atomic E-state index is 10.6. The molecule has 0 aliphatic rings. The van der Waals surface area contributed by atoms with Gasteiger partial charge in [0.1, 0.15) is 11.6 Å². The predicted molar refractivity (Wildman–Crippen MR) is 80.0 cm³/mol. The summed E-state index contributed by atoms with van der Waals surface area (Å²) >= 11 is 12.1. The van der Waals surface area contributed by atoms with Crippen molar-refractivity contribution in [2.75, 3.05) is 23.7 Å². The van der Waals surface area contributed by atoms with E-state index in [9.17, 15) is 4.79 Å². The summed E-state index contributed by atoms with van der Waals surface area (Å²) in [6.45, 7) is 3.42. The van der Waals surface area contributed by atoms with Crippen LogP contribution in [-0.4, -0.2) is 24.0 Å². The minimum Gasteiger partial charge on any atom is -0.370 e. The van der Waals surface area contributed by atoms with E-state index in [2.05, 4.69) is 22.5 Å². The van der Waals surface area contributed by atoms with Gasteiger partial charge in [0.25, 0.3) is 0 Å². The molecule has 1 rings (SSSR count). The van der Waals surface area contributed by atoms with Gasteiger partial charge in [-0.25, -0.2) is 4.98 Å². The molecule has 1 aromatic rings. The van der Waals surface area contributed by atoms with Crippen LogP contribution in [0.15, 0.2) is 6.07 Å². The highest BCUT2D eigenvalue weighted by molar-refractivity contribution is 6.37. The maximum Gasteiger partial charge on any atom is 0.217 e. The number of halogens is 2. The molecule has 7 heteroatoms. The van der Waals surface area contributed by atoms with Crippen molar-refractivity contribution in [3.8, 4) is 0 Å². The number of aromatic nitrogens is 1. The largest absolute Gasteiger partial charge is 0.370 e. The lowest BCUT2D eigenvalue weighted by Crippen LogP contribution is -2.13. The average molecular weight is 305 g/mol. The van der Waals surface area contributed by atoms with Gasteiger partial charge >= 0.3 is 0 Å². The van der Waals surface area contributed by atoms with E-state index < -0.39 is 0 Å². The molecule has 0 radical (unpaired) electrons. The van der Waals surface area contributed by atoms with Gasteiger partial charge in [-0.1, -0.05) is 30.1 Å². The molecule has 0 bridgehead atoms. The Labute approximate surface area is 122 Å². The quantitative estimate of drug-likeness (QED) is 0.645. The molecule has 0 spiro atoms. The van der Waals surface area contributed by atoms with Crippen LogP contribution in [0.5, 0.6) is 0 Å². The molecule has 5 nitrogen and oxygen atoms in total. The topological polar surface area (TPSA) is 80.0 Å². The van der Waals surface area contributed by atoms with Crippen molar-refractivity contribution in [3.05, 3.63) is 16.1 Å². The van der Waals surface area contributed by atoms with Gasteiger partial charge in [-0.3, -0.25) is 4.79 Å². The second-order valence-corrected chi connectivity index (χ2v) is 4.89. The summed E-state index contributed by atoms with van der Waals surface area (Å²) in [5, 5.41) is 7.12. The zero-order valence-corrected chi connectivity index (χ0v) is 12.3. The number of primary amides is 1. The minimum atomic E-state index is -0.317. The van der Waals surface area contributed by atoms with E-state index in [1.54, 1.807) is 6.07 Å². The van der Waals surface area contributed by atoms with E-state index in [1.165, 1.54) is 0 Å². The third-order valence-corrected chi connectivity index (χ3v) is 2.94. The monoisotopic (exact) mass is 304 g/mol. The van der Waals surface area contributed by atoms with E-state index >= 15 is 0 Å². The van der Waals surface area contributed by atoms with Crippen LogP contribution in [0.25, 0.3) is 0 Å². The predicted octanol–water partition coefficient (Wildman–Crippen LogP) is 2.89. The van der Waals surface area contributed by atoms with Crippen LogP contribution in [0.4, 0.5) is 11.6 Å². The highest BCUT2D eigenvalue weighted by Crippen LogP contribution is 2.29. The van der Waals surface area contributed by atoms with Gasteiger partial charge in [0.2, 0.25) is 5.91 Å². The molecule has 0 atom stereocenters. The van der Waals surface area contributed by atoms with E-state index in [0.29, 0.717) is 41.1 Å². The average Bonchev–Trinajstić information content (AvgIpc) is 2.35. The summed E-state index contributed by atoms with van der Waals surface area (Å²) in [6, 6.07) is 1.64. The van der Waals surface area contributed by atoms with Gasteiger partial charge < -0.3 is 16.4 Å². The Morgan fingerprint density at radius 3 is 2.37 bits per heavy atom. The molecule has 1 aromatic heterocycles. The third-order valence-electron chi connectivity index (χ3n) is 2.36. The lowest BCUT2D eigenvalue weighted by atomic mass is 10.3. The minimum absolute atomic E-state index is 0.317. The summed E-state index contributed by atoms with van der Waals surface area (Å²) in [5.41, 5.74) is 5.06. The van der Waals surface area contributed by atoms with Crippen LogP contribution in [-0.2, 0) is 4.79 Å². The van der Waals surface area contributed by atoms with Crippen LogP contribution < -0.4 is 16.4 Å². The summed E-state index contributed by atoms with van der Waals surface area (Å²) in [5.74, 6) is 0.835. The fourth-order valence-corrected chi connectivity index (χ4v) is 1.92. The van der Waals surface area contributed by atoms with Crippen molar-refractivity contribution in [1.29, 1.82) is 0 Å². The van der Waals surface area contributed by atoms with Crippen molar-refractivity contribution >= 4 is 40.7 Å². The molecule has 0 aromatic carbocycles. The van der Waals surface area contributed by atoms with Crippen LogP contribution in [0.3, 0.4) is 0 Å². The number of hydrogen-bond donors (Lipinski definition) is 3. The molecule has 106 valence electrons. The number of carbonyl (C=O) groups excluding carboxylic acids is 1. The lowest BCUT2D eigenvalue weighted by molar-refractivity contribution is -0.118. The summed E-state index contributed by atoms with van der Waals surface area (Å²) in [4.78, 5) is 14.9. The molecule has 0 aliphatic heterocycles. The number of nitrogens with zero attached hydrogens (tertiary/aromatic N) is 1. The van der Waals surface area contributed by atoms with Gasteiger partial charge in [-0.05, 0) is 18.9 Å². The van der Waals surface area contributed by atoms with Crippen LogP contribution in [0, 0.1) is 0 Å². The SMILES string of the molecule is CCCNc1nc(NCCCC(N)=O)c(Cl)cc1Cl. The number of nitrogens with one attached hydrogen (secondary N) is 2. The highest BCUT2D eigenvalue weighted by Gasteiger charge is 2.08. The number of rotatable bonds is 8. The molecule has 0 saturated heterocycles. The number of carbonyl (C=O) groups is 1. The summed E-state index contributed by atoms with van der Waals surface area (Å²) < 4.78 is 0. The first-order chi connectivity index (χ1) is 9.04. The van der Waals surface area contributed by atoms with Crippen molar-refractivity contribution in [1.82, 2.24) is 4.98 Å². The Bertz CT molecular complexity index is 440. The highest BCUT2D eigenvalue weighted by atomic mass is 35.5. The first-order valence-corrected chi connectivity index (χ1v) is 6.92. The van der Waals surface area contributed by atoms with Gasteiger partial charge in [-0.15, -0.1) is 0 Å². The molecule has 0 fully saturated rings. The lowest BCUT2D eigenvalue weighted by Gasteiger charge is -2.11. The molecule has 0 saturated carbocycles. The van der Waals surface area contributed by atoms with Gasteiger partial charge in [-0.2, -0.15) is 0 Å². The Morgan fingerprint density at radius 1 is 1.26 bits per heavy atom. The fraction of sp³-hybridized carbons (Fsp3) is 0.500. The normalized spacial score (nSPS) is 10.3. The second-order valence-electron chi connectivity index (χ2n) is 4.07. The molecular weight excluding hydrogens is 287 g/mol. The van der Waals surface area contributed by atoms with Gasteiger partial charge in [0.05, 0.1) is 10.0 Å². The molecule has 1 amide bonds. The Balaban J connectivity index is 2.63. The van der Waals surface area contributed by atoms with Crippen molar-refractivity contribution in [2.45, 2.75) is 26.2 Å². The Hall–Kier alpha value is -1.20. The standard InChI is InChI=1S/C12H18Cl2N4O/c1-2-5-16-11-8(13)7-9(14)12(18-11)17-6-3-4-10(15)19/h7H,2-6H2,1H3,(H2,15,19)(H2,16,17,18). The first-order valence-electron chi connectivity index (χ1n) is 6.16. The Kier molecular flexibility index (Phi) is 6.73. The van der Waals surface area contributed by atoms with Crippen molar-refractivity contribution in [2.24, 2.45) is 5.73 Å². The first kappa shape index (κ1) is 15.9. The van der Waals surface area contributed by atoms with Crippen LogP contribution in [0.2, 0.25) is 10.0 Å². The smallest absolute Gasteiger partial charge is 0.217 e. The third kappa shape index (κ3) is 5.53. The number of hydrogen-bond acceptors (Lipinski definition) is 4. The molecule has 1 heterocycles. The van der Waals surface area contributed by atoms with E-state index in [1.807, 2.05) is 0 Å². The van der Waals surface area contributed by atoms with Crippen molar-refractivity contribution < 1.29 is 4.79 Å². The van der Waals surface area contributed by atoms with Crippen LogP contribution >= 0.6 is 23.2 Å². The molecule has 0 unspecified atom stereocenters. The zero-order valence-electron chi connectivity index (χ0n) is 10.8. The molecular formula is C12H18Cl2N4O. The number of anilines is 2. The summed E-state index contributed by atoms with van der Waals surface area (Å²) in [6.07, 6.45) is 1.94. The molecule has 0 aliphatic carbocycles. The zero-order chi connectivity index (χ0) is 14.3. The number of nitrogens with two attached hydrogens (primary N) is 1. The van der Waals surface area contributed by atoms with Crippen LogP contribution in [0.1, 0.15) is 26.2 Å². The summed E-state index contributed by atoms with van der Waals surface area (Å²) in [7, 11) is 0. The van der Waals surface area contributed by atoms with Crippen molar-refractivity contribution in [3.63, 3.8) is 0 Å². The number of amides is 1. The maximum absolute atomic E-state index is 10.6. The van der Waals surface area contributed by atoms with Gasteiger partial charge in [0, 0.05) is 19.5 Å². The fourth-order valence-electron chi connectivity index (χ4n) is 1.43. The second kappa shape index (κ2) is 8.07. The molecule has 19 heavy (non-hydrogen) atoms. The Morgan fingerprint density at radius 2 is 1.84 bits per heavy atom.